The molecule has 154 valence electrons. The van der Waals surface area contributed by atoms with Gasteiger partial charge in [-0.15, -0.1) is 35.3 Å². The van der Waals surface area contributed by atoms with Gasteiger partial charge < -0.3 is 20.4 Å². The van der Waals surface area contributed by atoms with E-state index in [9.17, 15) is 0 Å². The molecule has 1 aliphatic rings. The molecule has 0 amide bonds. The van der Waals surface area contributed by atoms with Gasteiger partial charge in [0.15, 0.2) is 5.96 Å². The van der Waals surface area contributed by atoms with Crippen molar-refractivity contribution >= 4 is 58.6 Å². The Balaban J connectivity index is 0.00000280. The minimum absolute atomic E-state index is 0. The molecule has 3 rings (SSSR count). The Hall–Kier alpha value is -1.03. The average Bonchev–Trinajstić information content (AvgIpc) is 3.21. The lowest BCUT2D eigenvalue weighted by molar-refractivity contribution is 0.312. The summed E-state index contributed by atoms with van der Waals surface area (Å²) < 4.78 is 0. The third-order valence-corrected chi connectivity index (χ3v) is 6.33. The molecule has 0 bridgehead atoms. The molecule has 5 nitrogen and oxygen atoms in total. The van der Waals surface area contributed by atoms with Gasteiger partial charge >= 0.3 is 0 Å². The fraction of sp³-hybridized carbons (Fsp3) is 0.450. The Morgan fingerprint density at radius 2 is 1.96 bits per heavy atom. The molecule has 1 fully saturated rings. The van der Waals surface area contributed by atoms with Crippen LogP contribution in [0.2, 0.25) is 5.02 Å². The second kappa shape index (κ2) is 11.2. The third-order valence-electron chi connectivity index (χ3n) is 4.92. The molecule has 2 aromatic rings. The van der Waals surface area contributed by atoms with E-state index >= 15 is 0 Å². The second-order valence-corrected chi connectivity index (χ2v) is 8.22. The maximum absolute atomic E-state index is 6.56. The van der Waals surface area contributed by atoms with Crippen LogP contribution in [0, 0.1) is 0 Å². The number of hydrogen-bond acceptors (Lipinski definition) is 4. The molecule has 28 heavy (non-hydrogen) atoms. The van der Waals surface area contributed by atoms with Gasteiger partial charge in [0.1, 0.15) is 0 Å². The Morgan fingerprint density at radius 1 is 1.21 bits per heavy atom. The largest absolute Gasteiger partial charge is 0.369 e. The van der Waals surface area contributed by atoms with E-state index in [0.29, 0.717) is 6.54 Å². The highest BCUT2D eigenvalue weighted by Gasteiger charge is 2.19. The molecule has 1 aromatic carbocycles. The first kappa shape index (κ1) is 23.3. The van der Waals surface area contributed by atoms with Crippen LogP contribution >= 0.6 is 46.9 Å². The zero-order chi connectivity index (χ0) is 19.2. The standard InChI is InChI=1S/C20H28ClN5S.HI/c1-15(19-8-5-13-27-19)24-20(22-2)23-14-16-17(21)6-4-7-18(16)26-11-9-25(3)10-12-26;/h4-8,13,15H,9-12,14H2,1-3H3,(H2,22,23,24);1H. The minimum atomic E-state index is 0. The van der Waals surface area contributed by atoms with Crippen molar-refractivity contribution in [2.24, 2.45) is 4.99 Å². The van der Waals surface area contributed by atoms with Crippen molar-refractivity contribution in [1.82, 2.24) is 15.5 Å². The number of aliphatic imine (C=N–C) groups is 1. The number of thiophene rings is 1. The lowest BCUT2D eigenvalue weighted by Gasteiger charge is -2.35. The lowest BCUT2D eigenvalue weighted by atomic mass is 10.1. The predicted molar refractivity (Wildman–Crippen MR) is 133 cm³/mol. The molecule has 8 heteroatoms. The number of likely N-dealkylation sites (N-methyl/N-ethyl adjacent to an activating group) is 1. The fourth-order valence-corrected chi connectivity index (χ4v) is 4.22. The summed E-state index contributed by atoms with van der Waals surface area (Å²) in [6, 6.07) is 10.6. The number of piperazine rings is 1. The second-order valence-electron chi connectivity index (χ2n) is 6.84. The summed E-state index contributed by atoms with van der Waals surface area (Å²) in [5, 5.41) is 9.76. The number of halogens is 2. The smallest absolute Gasteiger partial charge is 0.191 e. The quantitative estimate of drug-likeness (QED) is 0.344. The summed E-state index contributed by atoms with van der Waals surface area (Å²) in [6.45, 7) is 6.96. The van der Waals surface area contributed by atoms with E-state index in [0.717, 1.165) is 42.7 Å². The van der Waals surface area contributed by atoms with Crippen molar-refractivity contribution in [3.8, 4) is 0 Å². The topological polar surface area (TPSA) is 42.9 Å². The first-order valence-corrected chi connectivity index (χ1v) is 10.6. The number of anilines is 1. The van der Waals surface area contributed by atoms with Gasteiger partial charge in [-0.1, -0.05) is 23.7 Å². The maximum Gasteiger partial charge on any atom is 0.191 e. The van der Waals surface area contributed by atoms with Crippen molar-refractivity contribution in [3.63, 3.8) is 0 Å². The van der Waals surface area contributed by atoms with E-state index in [1.54, 1.807) is 18.4 Å². The van der Waals surface area contributed by atoms with Crippen LogP contribution < -0.4 is 15.5 Å². The summed E-state index contributed by atoms with van der Waals surface area (Å²) in [7, 11) is 3.96. The number of nitrogens with one attached hydrogen (secondary N) is 2. The number of benzene rings is 1. The molecule has 1 aromatic heterocycles. The Labute approximate surface area is 194 Å². The molecule has 2 N–H and O–H groups in total. The van der Waals surface area contributed by atoms with Crippen molar-refractivity contribution in [2.75, 3.05) is 45.2 Å². The molecule has 0 aliphatic carbocycles. The van der Waals surface area contributed by atoms with Crippen LogP contribution in [0.5, 0.6) is 0 Å². The number of rotatable bonds is 5. The van der Waals surface area contributed by atoms with Gasteiger partial charge in [0.2, 0.25) is 0 Å². The van der Waals surface area contributed by atoms with Crippen molar-refractivity contribution < 1.29 is 0 Å². The SMILES string of the molecule is CN=C(NCc1c(Cl)cccc1N1CCN(C)CC1)NC(C)c1cccs1.I. The molecule has 0 spiro atoms. The first-order valence-electron chi connectivity index (χ1n) is 9.30. The van der Waals surface area contributed by atoms with Gasteiger partial charge in [0.25, 0.3) is 0 Å². The molecule has 0 radical (unpaired) electrons. The predicted octanol–water partition coefficient (Wildman–Crippen LogP) is 4.20. The zero-order valence-corrected chi connectivity index (χ0v) is 20.5. The van der Waals surface area contributed by atoms with Crippen LogP contribution in [-0.4, -0.2) is 51.1 Å². The van der Waals surface area contributed by atoms with Gasteiger partial charge in [0.05, 0.1) is 6.04 Å². The molecule has 1 aliphatic heterocycles. The van der Waals surface area contributed by atoms with E-state index in [-0.39, 0.29) is 30.0 Å². The third kappa shape index (κ3) is 5.98. The lowest BCUT2D eigenvalue weighted by Crippen LogP contribution is -2.45. The Bertz CT molecular complexity index is 760. The summed E-state index contributed by atoms with van der Waals surface area (Å²) in [5.74, 6) is 0.778. The summed E-state index contributed by atoms with van der Waals surface area (Å²) >= 11 is 8.30. The molecular weight excluding hydrogens is 505 g/mol. The molecular formula is C20H29ClIN5S. The average molecular weight is 534 g/mol. The van der Waals surface area contributed by atoms with E-state index in [1.807, 2.05) is 12.1 Å². The molecule has 1 atom stereocenters. The molecule has 0 saturated carbocycles. The van der Waals surface area contributed by atoms with Crippen LogP contribution in [-0.2, 0) is 6.54 Å². The number of guanidine groups is 1. The monoisotopic (exact) mass is 533 g/mol. The van der Waals surface area contributed by atoms with E-state index < -0.39 is 0 Å². The van der Waals surface area contributed by atoms with E-state index in [2.05, 4.69) is 63.0 Å². The zero-order valence-electron chi connectivity index (χ0n) is 16.6. The summed E-state index contributed by atoms with van der Waals surface area (Å²) in [4.78, 5) is 10.4. The van der Waals surface area contributed by atoms with Crippen LogP contribution in [0.3, 0.4) is 0 Å². The van der Waals surface area contributed by atoms with Crippen LogP contribution in [0.25, 0.3) is 0 Å². The first-order chi connectivity index (χ1) is 13.1. The Kier molecular flexibility index (Phi) is 9.33. The summed E-state index contributed by atoms with van der Waals surface area (Å²) in [6.07, 6.45) is 0. The van der Waals surface area contributed by atoms with E-state index in [4.69, 9.17) is 11.6 Å². The molecule has 1 saturated heterocycles. The van der Waals surface area contributed by atoms with Gasteiger partial charge in [-0.05, 0) is 37.6 Å². The Morgan fingerprint density at radius 3 is 2.61 bits per heavy atom. The van der Waals surface area contributed by atoms with Crippen LogP contribution in [0.4, 0.5) is 5.69 Å². The van der Waals surface area contributed by atoms with Crippen LogP contribution in [0.15, 0.2) is 40.7 Å². The maximum atomic E-state index is 6.56. The van der Waals surface area contributed by atoms with Crippen molar-refractivity contribution in [3.05, 3.63) is 51.2 Å². The van der Waals surface area contributed by atoms with Crippen LogP contribution in [0.1, 0.15) is 23.4 Å². The minimum Gasteiger partial charge on any atom is -0.369 e. The van der Waals surface area contributed by atoms with E-state index in [1.165, 1.54) is 10.6 Å². The molecule has 2 heterocycles. The molecule has 1 unspecified atom stereocenters. The highest BCUT2D eigenvalue weighted by atomic mass is 127. The van der Waals surface area contributed by atoms with Crippen molar-refractivity contribution in [2.45, 2.75) is 19.5 Å². The highest BCUT2D eigenvalue weighted by Crippen LogP contribution is 2.28. The normalized spacial score (nSPS) is 16.4. The van der Waals surface area contributed by atoms with Gasteiger partial charge in [-0.25, -0.2) is 0 Å². The van der Waals surface area contributed by atoms with Gasteiger partial charge in [-0.3, -0.25) is 4.99 Å². The number of hydrogen-bond donors (Lipinski definition) is 2. The fourth-order valence-electron chi connectivity index (χ4n) is 3.25. The number of nitrogens with zero attached hydrogens (tertiary/aromatic N) is 3. The summed E-state index contributed by atoms with van der Waals surface area (Å²) in [5.41, 5.74) is 2.33. The highest BCUT2D eigenvalue weighted by molar-refractivity contribution is 14.0. The van der Waals surface area contributed by atoms with Gasteiger partial charge in [-0.2, -0.15) is 0 Å². The van der Waals surface area contributed by atoms with Crippen molar-refractivity contribution in [1.29, 1.82) is 0 Å². The van der Waals surface area contributed by atoms with Gasteiger partial charge in [0, 0.05) is 60.9 Å².